The molecule has 0 aliphatic heterocycles. The van der Waals surface area contributed by atoms with Gasteiger partial charge in [0.1, 0.15) is 18.2 Å². The quantitative estimate of drug-likeness (QED) is 0.595. The minimum Gasteiger partial charge on any atom is -0.492 e. The summed E-state index contributed by atoms with van der Waals surface area (Å²) < 4.78 is 5.74. The topological polar surface area (TPSA) is 53.0 Å². The number of likely N-dealkylation sites (N-methyl/N-ethyl adjacent to an activating group) is 1. The number of nitrogens with one attached hydrogen (secondary N) is 1. The number of anilines is 1. The van der Waals surface area contributed by atoms with Crippen LogP contribution in [-0.4, -0.2) is 57.2 Å². The van der Waals surface area contributed by atoms with E-state index in [1.54, 1.807) is 13.2 Å². The molecule has 2 rings (SSSR count). The number of pyridine rings is 1. The number of benzene rings is 1. The van der Waals surface area contributed by atoms with Gasteiger partial charge in [-0.2, -0.15) is 0 Å². The van der Waals surface area contributed by atoms with E-state index < -0.39 is 0 Å². The van der Waals surface area contributed by atoms with Crippen LogP contribution >= 0.6 is 11.6 Å². The fourth-order valence-corrected chi connectivity index (χ4v) is 2.59. The Morgan fingerprint density at radius 3 is 2.58 bits per heavy atom. The zero-order valence-corrected chi connectivity index (χ0v) is 16.5. The molecule has 0 radical (unpaired) electrons. The SMILES string of the molecule is CN=C(NCc1cccnc1N(C)C)N(C)CCOc1ccc(Cl)cc1. The van der Waals surface area contributed by atoms with Gasteiger partial charge in [-0.1, -0.05) is 17.7 Å². The molecule has 0 amide bonds. The minimum atomic E-state index is 0.550. The zero-order valence-electron chi connectivity index (χ0n) is 15.7. The molecular weight excluding hydrogens is 350 g/mol. The number of rotatable bonds is 7. The van der Waals surface area contributed by atoms with Crippen LogP contribution < -0.4 is 15.0 Å². The summed E-state index contributed by atoms with van der Waals surface area (Å²) in [7, 11) is 7.73. The highest BCUT2D eigenvalue weighted by molar-refractivity contribution is 6.30. The van der Waals surface area contributed by atoms with E-state index in [1.165, 1.54) is 0 Å². The molecule has 0 unspecified atom stereocenters. The molecule has 0 aliphatic rings. The Hall–Kier alpha value is -2.47. The first kappa shape index (κ1) is 19.8. The zero-order chi connectivity index (χ0) is 18.9. The number of hydrogen-bond acceptors (Lipinski definition) is 4. The van der Waals surface area contributed by atoms with E-state index in [4.69, 9.17) is 16.3 Å². The lowest BCUT2D eigenvalue weighted by atomic mass is 10.2. The molecule has 0 saturated heterocycles. The van der Waals surface area contributed by atoms with Crippen molar-refractivity contribution in [2.45, 2.75) is 6.54 Å². The van der Waals surface area contributed by atoms with E-state index in [9.17, 15) is 0 Å². The molecule has 26 heavy (non-hydrogen) atoms. The maximum atomic E-state index is 5.88. The van der Waals surface area contributed by atoms with Gasteiger partial charge in [0.2, 0.25) is 0 Å². The van der Waals surface area contributed by atoms with Crippen LogP contribution in [0.3, 0.4) is 0 Å². The van der Waals surface area contributed by atoms with Crippen LogP contribution in [0.2, 0.25) is 5.02 Å². The average Bonchev–Trinajstić information content (AvgIpc) is 2.64. The Morgan fingerprint density at radius 2 is 1.92 bits per heavy atom. The molecular formula is C19H26ClN5O. The predicted molar refractivity (Wildman–Crippen MR) is 108 cm³/mol. The van der Waals surface area contributed by atoms with E-state index in [2.05, 4.69) is 21.4 Å². The summed E-state index contributed by atoms with van der Waals surface area (Å²) >= 11 is 5.88. The summed E-state index contributed by atoms with van der Waals surface area (Å²) in [6.45, 7) is 1.90. The molecule has 2 aromatic rings. The van der Waals surface area contributed by atoms with E-state index in [-0.39, 0.29) is 0 Å². The first-order valence-electron chi connectivity index (χ1n) is 8.42. The number of ether oxygens (including phenoxy) is 1. The Morgan fingerprint density at radius 1 is 1.19 bits per heavy atom. The lowest BCUT2D eigenvalue weighted by Gasteiger charge is -2.23. The number of nitrogens with zero attached hydrogens (tertiary/aromatic N) is 4. The fraction of sp³-hybridized carbons (Fsp3) is 0.368. The molecule has 1 aromatic carbocycles. The Bertz CT molecular complexity index is 718. The maximum Gasteiger partial charge on any atom is 0.193 e. The van der Waals surface area contributed by atoms with Crippen molar-refractivity contribution in [3.8, 4) is 5.75 Å². The highest BCUT2D eigenvalue weighted by Crippen LogP contribution is 2.15. The Labute approximate surface area is 160 Å². The Balaban J connectivity index is 1.85. The summed E-state index contributed by atoms with van der Waals surface area (Å²) in [5.74, 6) is 2.55. The molecule has 0 bridgehead atoms. The molecule has 1 aromatic heterocycles. The second-order valence-electron chi connectivity index (χ2n) is 6.01. The monoisotopic (exact) mass is 375 g/mol. The standard InChI is InChI=1S/C19H26ClN5O/c1-21-19(23-14-15-6-5-11-22-18(15)24(2)3)25(4)12-13-26-17-9-7-16(20)8-10-17/h5-11H,12-14H2,1-4H3,(H,21,23). The maximum absolute atomic E-state index is 5.88. The fourth-order valence-electron chi connectivity index (χ4n) is 2.47. The van der Waals surface area contributed by atoms with E-state index in [1.807, 2.05) is 61.3 Å². The van der Waals surface area contributed by atoms with Crippen LogP contribution in [0, 0.1) is 0 Å². The molecule has 0 fully saturated rings. The lowest BCUT2D eigenvalue weighted by Crippen LogP contribution is -2.40. The molecule has 0 aliphatic carbocycles. The first-order valence-corrected chi connectivity index (χ1v) is 8.80. The normalized spacial score (nSPS) is 11.2. The van der Waals surface area contributed by atoms with Crippen molar-refractivity contribution in [3.05, 3.63) is 53.2 Å². The van der Waals surface area contributed by atoms with E-state index >= 15 is 0 Å². The van der Waals surface area contributed by atoms with Crippen molar-refractivity contribution in [1.82, 2.24) is 15.2 Å². The van der Waals surface area contributed by atoms with Gasteiger partial charge in [-0.15, -0.1) is 0 Å². The van der Waals surface area contributed by atoms with Crippen molar-refractivity contribution in [1.29, 1.82) is 0 Å². The van der Waals surface area contributed by atoms with Crippen LogP contribution in [0.5, 0.6) is 5.75 Å². The molecule has 0 saturated carbocycles. The summed E-state index contributed by atoms with van der Waals surface area (Å²) in [5.41, 5.74) is 1.12. The third-order valence-electron chi connectivity index (χ3n) is 3.81. The van der Waals surface area contributed by atoms with E-state index in [0.29, 0.717) is 24.7 Å². The van der Waals surface area contributed by atoms with Crippen molar-refractivity contribution in [3.63, 3.8) is 0 Å². The Kier molecular flexibility index (Phi) is 7.53. The minimum absolute atomic E-state index is 0.550. The summed E-state index contributed by atoms with van der Waals surface area (Å²) in [5, 5.41) is 4.07. The molecule has 1 N–H and O–H groups in total. The van der Waals surface area contributed by atoms with Crippen LogP contribution in [0.25, 0.3) is 0 Å². The van der Waals surface area contributed by atoms with Gasteiger partial charge in [0, 0.05) is 51.5 Å². The second kappa shape index (κ2) is 9.87. The summed E-state index contributed by atoms with van der Waals surface area (Å²) in [6.07, 6.45) is 1.80. The molecule has 1 heterocycles. The van der Waals surface area contributed by atoms with E-state index in [0.717, 1.165) is 23.1 Å². The number of aliphatic imine (C=N–C) groups is 1. The van der Waals surface area contributed by atoms with Gasteiger partial charge in [-0.05, 0) is 30.3 Å². The van der Waals surface area contributed by atoms with Crippen LogP contribution in [0.1, 0.15) is 5.56 Å². The third kappa shape index (κ3) is 5.81. The number of halogens is 1. The van der Waals surface area contributed by atoms with Crippen LogP contribution in [0.15, 0.2) is 47.6 Å². The van der Waals surface area contributed by atoms with Gasteiger partial charge < -0.3 is 19.9 Å². The van der Waals surface area contributed by atoms with Crippen LogP contribution in [-0.2, 0) is 6.54 Å². The van der Waals surface area contributed by atoms with Crippen molar-refractivity contribution >= 4 is 23.4 Å². The van der Waals surface area contributed by atoms with Crippen molar-refractivity contribution < 1.29 is 4.74 Å². The highest BCUT2D eigenvalue weighted by Gasteiger charge is 2.09. The van der Waals surface area contributed by atoms with Gasteiger partial charge in [0.05, 0.1) is 6.54 Å². The van der Waals surface area contributed by atoms with Crippen molar-refractivity contribution in [2.75, 3.05) is 46.2 Å². The van der Waals surface area contributed by atoms with Gasteiger partial charge in [0.15, 0.2) is 5.96 Å². The number of hydrogen-bond donors (Lipinski definition) is 1. The smallest absolute Gasteiger partial charge is 0.193 e. The number of guanidine groups is 1. The summed E-state index contributed by atoms with van der Waals surface area (Å²) in [4.78, 5) is 12.8. The largest absolute Gasteiger partial charge is 0.492 e. The molecule has 140 valence electrons. The third-order valence-corrected chi connectivity index (χ3v) is 4.06. The molecule has 6 nitrogen and oxygen atoms in total. The molecule has 7 heteroatoms. The van der Waals surface area contributed by atoms with Gasteiger partial charge in [-0.3, -0.25) is 4.99 Å². The van der Waals surface area contributed by atoms with Gasteiger partial charge in [-0.25, -0.2) is 4.98 Å². The number of aromatic nitrogens is 1. The summed E-state index contributed by atoms with van der Waals surface area (Å²) in [6, 6.07) is 11.4. The van der Waals surface area contributed by atoms with Gasteiger partial charge >= 0.3 is 0 Å². The van der Waals surface area contributed by atoms with Gasteiger partial charge in [0.25, 0.3) is 0 Å². The first-order chi connectivity index (χ1) is 12.5. The molecule has 0 atom stereocenters. The average molecular weight is 376 g/mol. The predicted octanol–water partition coefficient (Wildman–Crippen LogP) is 2.89. The highest BCUT2D eigenvalue weighted by atomic mass is 35.5. The second-order valence-corrected chi connectivity index (χ2v) is 6.44. The lowest BCUT2D eigenvalue weighted by molar-refractivity contribution is 0.281. The van der Waals surface area contributed by atoms with Crippen LogP contribution in [0.4, 0.5) is 5.82 Å². The van der Waals surface area contributed by atoms with Crippen molar-refractivity contribution in [2.24, 2.45) is 4.99 Å². The molecule has 0 spiro atoms.